The fourth-order valence-electron chi connectivity index (χ4n) is 1.37. The molecule has 1 aromatic carbocycles. The second kappa shape index (κ2) is 5.88. The molecule has 0 aliphatic carbocycles. The first-order chi connectivity index (χ1) is 9.49. The first kappa shape index (κ1) is 14.3. The van der Waals surface area contributed by atoms with Crippen molar-refractivity contribution < 1.29 is 14.7 Å². The summed E-state index contributed by atoms with van der Waals surface area (Å²) in [5, 5.41) is 22.2. The molecule has 1 aromatic heterocycles. The monoisotopic (exact) mass is 312 g/mol. The summed E-state index contributed by atoms with van der Waals surface area (Å²) in [4.78, 5) is 21.7. The van der Waals surface area contributed by atoms with Crippen molar-refractivity contribution in [2.24, 2.45) is 5.73 Å². The molecule has 0 aliphatic heterocycles. The number of nitrogens with zero attached hydrogens (tertiary/aromatic N) is 4. The Morgan fingerprint density at radius 1 is 1.45 bits per heavy atom. The van der Waals surface area contributed by atoms with Gasteiger partial charge in [0.1, 0.15) is 0 Å². The summed E-state index contributed by atoms with van der Waals surface area (Å²) in [7, 11) is 0. The highest BCUT2D eigenvalue weighted by atomic mass is 35.5. The van der Waals surface area contributed by atoms with E-state index in [-0.39, 0.29) is 16.3 Å². The molecule has 0 spiro atoms. The number of carbonyl (C=O) groups excluding carboxylic acids is 2. The molecule has 0 fully saturated rings. The molecule has 104 valence electrons. The summed E-state index contributed by atoms with van der Waals surface area (Å²) in [6, 6.07) is 4.22. The number of nitrogens with two attached hydrogens (primary N) is 1. The molecule has 20 heavy (non-hydrogen) atoms. The predicted octanol–water partition coefficient (Wildman–Crippen LogP) is -0.743. The van der Waals surface area contributed by atoms with Crippen LogP contribution in [0.25, 0.3) is 5.69 Å². The Bertz CT molecular complexity index is 675. The van der Waals surface area contributed by atoms with Crippen molar-refractivity contribution in [2.45, 2.75) is 5.16 Å². The number of hydrogen-bond donors (Lipinski definition) is 1. The molecule has 0 saturated carbocycles. The molecule has 0 atom stereocenters. The Kier molecular flexibility index (Phi) is 4.20. The maximum absolute atomic E-state index is 10.9. The molecule has 2 rings (SSSR count). The van der Waals surface area contributed by atoms with E-state index in [1.165, 1.54) is 16.8 Å². The van der Waals surface area contributed by atoms with E-state index in [4.69, 9.17) is 17.3 Å². The minimum atomic E-state index is -1.41. The third-order valence-electron chi connectivity index (χ3n) is 2.20. The number of tetrazole rings is 1. The summed E-state index contributed by atoms with van der Waals surface area (Å²) in [6.45, 7) is 0. The van der Waals surface area contributed by atoms with Crippen LogP contribution in [0.5, 0.6) is 0 Å². The molecule has 0 saturated heterocycles. The van der Waals surface area contributed by atoms with Gasteiger partial charge in [0.2, 0.25) is 11.1 Å². The van der Waals surface area contributed by atoms with Gasteiger partial charge in [-0.1, -0.05) is 23.4 Å². The Hall–Kier alpha value is -2.13. The zero-order valence-electron chi connectivity index (χ0n) is 9.82. The number of carbonyl (C=O) groups is 2. The van der Waals surface area contributed by atoms with Gasteiger partial charge in [0, 0.05) is 10.6 Å². The van der Waals surface area contributed by atoms with E-state index in [1.807, 2.05) is 0 Å². The van der Waals surface area contributed by atoms with Crippen molar-refractivity contribution in [3.05, 3.63) is 28.8 Å². The zero-order valence-corrected chi connectivity index (χ0v) is 11.4. The summed E-state index contributed by atoms with van der Waals surface area (Å²) >= 11 is 6.78. The second-order valence-electron chi connectivity index (χ2n) is 3.58. The number of amides is 1. The lowest BCUT2D eigenvalue weighted by Crippen LogP contribution is -2.23. The lowest BCUT2D eigenvalue weighted by Gasteiger charge is -2.09. The molecule has 2 aromatic rings. The van der Waals surface area contributed by atoms with Crippen LogP contribution in [0.1, 0.15) is 10.4 Å². The molecule has 1 amide bonds. The van der Waals surface area contributed by atoms with Crippen LogP contribution >= 0.6 is 23.4 Å². The van der Waals surface area contributed by atoms with Crippen LogP contribution in [-0.2, 0) is 4.79 Å². The number of thioether (sulfide) groups is 1. The van der Waals surface area contributed by atoms with Gasteiger partial charge in [-0.2, -0.15) is 4.68 Å². The Morgan fingerprint density at radius 3 is 2.85 bits per heavy atom. The van der Waals surface area contributed by atoms with Crippen molar-refractivity contribution in [3.8, 4) is 5.69 Å². The van der Waals surface area contributed by atoms with Crippen LogP contribution < -0.4 is 10.8 Å². The van der Waals surface area contributed by atoms with Crippen LogP contribution in [0.3, 0.4) is 0 Å². The number of hydrogen-bond acceptors (Lipinski definition) is 7. The normalized spacial score (nSPS) is 10.4. The van der Waals surface area contributed by atoms with Crippen LogP contribution in [0.2, 0.25) is 5.02 Å². The van der Waals surface area contributed by atoms with Crippen molar-refractivity contribution in [1.29, 1.82) is 0 Å². The Balaban J connectivity index is 2.37. The van der Waals surface area contributed by atoms with Crippen molar-refractivity contribution >= 4 is 35.2 Å². The van der Waals surface area contributed by atoms with Gasteiger partial charge in [0.15, 0.2) is 0 Å². The van der Waals surface area contributed by atoms with Crippen molar-refractivity contribution in [1.82, 2.24) is 20.2 Å². The summed E-state index contributed by atoms with van der Waals surface area (Å²) < 4.78 is 1.27. The summed E-state index contributed by atoms with van der Waals surface area (Å²) in [6.07, 6.45) is 0. The highest BCUT2D eigenvalue weighted by Gasteiger charge is 2.12. The standard InChI is InChI=1S/C10H8ClN5O3S/c11-7-2-1-5(3-6(7)9(18)19)16-10(13-14-15-16)20-4-8(12)17/h1-3H,4H2,(H2,12,17)(H,18,19)/p-1. The molecule has 2 N–H and O–H groups in total. The van der Waals surface area contributed by atoms with E-state index in [0.29, 0.717) is 10.8 Å². The number of aromatic nitrogens is 4. The smallest absolute Gasteiger partial charge is 0.227 e. The minimum Gasteiger partial charge on any atom is -0.545 e. The third kappa shape index (κ3) is 3.06. The van der Waals surface area contributed by atoms with Gasteiger partial charge in [-0.05, 0) is 28.6 Å². The number of primary amides is 1. The first-order valence-corrected chi connectivity index (χ1v) is 6.56. The SMILES string of the molecule is NC(=O)CSc1nnnn1-c1ccc(Cl)c(C(=O)[O-])c1. The lowest BCUT2D eigenvalue weighted by atomic mass is 10.2. The average Bonchev–Trinajstić information content (AvgIpc) is 2.85. The van der Waals surface area contributed by atoms with Crippen LogP contribution in [0, 0.1) is 0 Å². The number of carboxylic acids is 1. The van der Waals surface area contributed by atoms with Gasteiger partial charge in [-0.3, -0.25) is 4.79 Å². The summed E-state index contributed by atoms with van der Waals surface area (Å²) in [5.74, 6) is -1.92. The highest BCUT2D eigenvalue weighted by Crippen LogP contribution is 2.22. The van der Waals surface area contributed by atoms with Crippen molar-refractivity contribution in [3.63, 3.8) is 0 Å². The Labute approximate surface area is 121 Å². The van der Waals surface area contributed by atoms with Crippen LogP contribution in [0.15, 0.2) is 23.4 Å². The number of halogens is 1. The quantitative estimate of drug-likeness (QED) is 0.720. The average molecular weight is 313 g/mol. The van der Waals surface area contributed by atoms with Gasteiger partial charge in [0.05, 0.1) is 17.4 Å². The van der Waals surface area contributed by atoms with Crippen LogP contribution in [-0.4, -0.2) is 37.8 Å². The van der Waals surface area contributed by atoms with Crippen LogP contribution in [0.4, 0.5) is 0 Å². The topological polar surface area (TPSA) is 127 Å². The summed E-state index contributed by atoms with van der Waals surface area (Å²) in [5.41, 5.74) is 5.25. The molecule has 0 bridgehead atoms. The van der Waals surface area contributed by atoms with E-state index >= 15 is 0 Å². The molecule has 0 unspecified atom stereocenters. The van der Waals surface area contributed by atoms with Gasteiger partial charge in [-0.25, -0.2) is 0 Å². The number of benzene rings is 1. The molecule has 0 aliphatic rings. The number of aromatic carboxylic acids is 1. The fraction of sp³-hybridized carbons (Fsp3) is 0.100. The van der Waals surface area contributed by atoms with E-state index in [2.05, 4.69) is 15.5 Å². The van der Waals surface area contributed by atoms with Gasteiger partial charge in [-0.15, -0.1) is 5.10 Å². The molecule has 1 heterocycles. The Morgan fingerprint density at radius 2 is 2.20 bits per heavy atom. The molecule has 10 heteroatoms. The van der Waals surface area contributed by atoms with E-state index in [9.17, 15) is 14.7 Å². The van der Waals surface area contributed by atoms with Crippen molar-refractivity contribution in [2.75, 3.05) is 5.75 Å². The number of rotatable bonds is 5. The van der Waals surface area contributed by atoms with Gasteiger partial charge in [0.25, 0.3) is 0 Å². The minimum absolute atomic E-state index is 0.00130. The molecule has 0 radical (unpaired) electrons. The number of carboxylic acid groups (broad SMARTS) is 1. The highest BCUT2D eigenvalue weighted by molar-refractivity contribution is 7.99. The maximum Gasteiger partial charge on any atom is 0.227 e. The van der Waals surface area contributed by atoms with Gasteiger partial charge >= 0.3 is 0 Å². The zero-order chi connectivity index (χ0) is 14.7. The largest absolute Gasteiger partial charge is 0.545 e. The fourth-order valence-corrected chi connectivity index (χ4v) is 2.19. The van der Waals surface area contributed by atoms with Gasteiger partial charge < -0.3 is 15.6 Å². The molecular weight excluding hydrogens is 306 g/mol. The molecule has 8 nitrogen and oxygen atoms in total. The van der Waals surface area contributed by atoms with E-state index in [0.717, 1.165) is 11.8 Å². The lowest BCUT2D eigenvalue weighted by molar-refractivity contribution is -0.255. The molecular formula is C10H7ClN5O3S-. The van der Waals surface area contributed by atoms with E-state index < -0.39 is 11.9 Å². The predicted molar refractivity (Wildman–Crippen MR) is 68.4 cm³/mol. The third-order valence-corrected chi connectivity index (χ3v) is 3.47. The maximum atomic E-state index is 10.9. The van der Waals surface area contributed by atoms with E-state index in [1.54, 1.807) is 6.07 Å². The second-order valence-corrected chi connectivity index (χ2v) is 4.93. The first-order valence-electron chi connectivity index (χ1n) is 5.20.